The van der Waals surface area contributed by atoms with E-state index in [0.717, 1.165) is 11.5 Å². The number of carboxylic acid groups (broad SMARTS) is 1. The summed E-state index contributed by atoms with van der Waals surface area (Å²) in [6, 6.07) is 9.69. The second-order valence-corrected chi connectivity index (χ2v) is 7.52. The third-order valence-electron chi connectivity index (χ3n) is 4.53. The minimum atomic E-state index is -1.16. The van der Waals surface area contributed by atoms with Crippen molar-refractivity contribution in [1.29, 1.82) is 0 Å². The van der Waals surface area contributed by atoms with Gasteiger partial charge in [-0.3, -0.25) is 4.79 Å². The van der Waals surface area contributed by atoms with E-state index >= 15 is 0 Å². The van der Waals surface area contributed by atoms with Crippen LogP contribution in [-0.4, -0.2) is 34.0 Å². The Morgan fingerprint density at radius 1 is 1.19 bits per heavy atom. The highest BCUT2D eigenvalue weighted by Crippen LogP contribution is 2.28. The lowest BCUT2D eigenvalue weighted by molar-refractivity contribution is -0.148. The molecule has 3 rings (SSSR count). The molecule has 0 spiro atoms. The van der Waals surface area contributed by atoms with Crippen molar-refractivity contribution in [2.24, 2.45) is 0 Å². The van der Waals surface area contributed by atoms with Crippen LogP contribution in [0.4, 0.5) is 4.39 Å². The van der Waals surface area contributed by atoms with Gasteiger partial charge in [-0.2, -0.15) is 11.8 Å². The van der Waals surface area contributed by atoms with Crippen LogP contribution in [0.25, 0.3) is 11.3 Å². The number of furan rings is 1. The third kappa shape index (κ3) is 4.09. The van der Waals surface area contributed by atoms with Gasteiger partial charge in [-0.05, 0) is 48.6 Å². The Labute approximate surface area is 155 Å². The zero-order valence-corrected chi connectivity index (χ0v) is 15.0. The summed E-state index contributed by atoms with van der Waals surface area (Å²) in [5.41, 5.74) is -0.795. The summed E-state index contributed by atoms with van der Waals surface area (Å²) < 4.78 is 19.4. The number of carbonyl (C=O) groups is 2. The van der Waals surface area contributed by atoms with E-state index in [-0.39, 0.29) is 18.1 Å². The van der Waals surface area contributed by atoms with Gasteiger partial charge in [-0.1, -0.05) is 12.1 Å². The molecule has 1 amide bonds. The van der Waals surface area contributed by atoms with Gasteiger partial charge in [0, 0.05) is 12.8 Å². The molecule has 1 aliphatic rings. The van der Waals surface area contributed by atoms with Gasteiger partial charge in [0.05, 0.1) is 5.56 Å². The van der Waals surface area contributed by atoms with Gasteiger partial charge >= 0.3 is 5.97 Å². The average molecular weight is 377 g/mol. The van der Waals surface area contributed by atoms with Crippen LogP contribution in [0.1, 0.15) is 25.0 Å². The maximum absolute atomic E-state index is 13.8. The zero-order valence-electron chi connectivity index (χ0n) is 14.2. The van der Waals surface area contributed by atoms with Gasteiger partial charge in [-0.25, -0.2) is 9.18 Å². The van der Waals surface area contributed by atoms with Gasteiger partial charge in [0.1, 0.15) is 22.9 Å². The Balaban J connectivity index is 1.60. The molecule has 2 aromatic rings. The summed E-state index contributed by atoms with van der Waals surface area (Å²) in [5, 5.41) is 12.2. The van der Waals surface area contributed by atoms with Gasteiger partial charge in [-0.15, -0.1) is 0 Å². The van der Waals surface area contributed by atoms with Crippen molar-refractivity contribution >= 4 is 23.6 Å². The van der Waals surface area contributed by atoms with Crippen LogP contribution in [0.3, 0.4) is 0 Å². The first-order valence-corrected chi connectivity index (χ1v) is 9.61. The predicted octanol–water partition coefficient (Wildman–Crippen LogP) is 3.48. The van der Waals surface area contributed by atoms with Gasteiger partial charge in [0.25, 0.3) is 0 Å². The quantitative estimate of drug-likeness (QED) is 0.806. The van der Waals surface area contributed by atoms with E-state index in [9.17, 15) is 19.1 Å². The molecule has 0 unspecified atom stereocenters. The first-order chi connectivity index (χ1) is 12.5. The number of aryl methyl sites for hydroxylation is 1. The summed E-state index contributed by atoms with van der Waals surface area (Å²) in [6.45, 7) is 0. The predicted molar refractivity (Wildman–Crippen MR) is 97.5 cm³/mol. The maximum Gasteiger partial charge on any atom is 0.329 e. The fourth-order valence-corrected chi connectivity index (χ4v) is 4.19. The molecule has 1 fully saturated rings. The topological polar surface area (TPSA) is 79.5 Å². The highest BCUT2D eigenvalue weighted by Gasteiger charge is 2.41. The van der Waals surface area contributed by atoms with Crippen molar-refractivity contribution in [2.45, 2.75) is 31.2 Å². The smallest absolute Gasteiger partial charge is 0.329 e. The van der Waals surface area contributed by atoms with Crippen LogP contribution in [0, 0.1) is 5.82 Å². The lowest BCUT2D eigenvalue weighted by atomic mass is 9.92. The molecule has 138 valence electrons. The summed E-state index contributed by atoms with van der Waals surface area (Å²) >= 11 is 1.69. The normalized spacial score (nSPS) is 16.2. The number of hydrogen-bond donors (Lipinski definition) is 2. The van der Waals surface area contributed by atoms with Crippen LogP contribution in [-0.2, 0) is 16.0 Å². The van der Waals surface area contributed by atoms with Crippen molar-refractivity contribution in [3.63, 3.8) is 0 Å². The lowest BCUT2D eigenvalue weighted by Crippen LogP contribution is -2.56. The molecule has 0 atom stereocenters. The molecule has 2 heterocycles. The highest BCUT2D eigenvalue weighted by molar-refractivity contribution is 7.99. The summed E-state index contributed by atoms with van der Waals surface area (Å²) in [4.78, 5) is 23.8. The van der Waals surface area contributed by atoms with Crippen LogP contribution in [0.15, 0.2) is 40.8 Å². The molecule has 0 aliphatic carbocycles. The first-order valence-electron chi connectivity index (χ1n) is 8.46. The number of nitrogens with one attached hydrogen (secondary N) is 1. The number of rotatable bonds is 6. The second kappa shape index (κ2) is 7.95. The molecule has 0 bridgehead atoms. The Morgan fingerprint density at radius 2 is 1.92 bits per heavy atom. The molecule has 1 aromatic heterocycles. The van der Waals surface area contributed by atoms with E-state index in [2.05, 4.69) is 5.32 Å². The first kappa shape index (κ1) is 18.5. The number of hydrogen-bond acceptors (Lipinski definition) is 4. The van der Waals surface area contributed by atoms with Crippen molar-refractivity contribution in [1.82, 2.24) is 5.32 Å². The number of aliphatic carboxylic acids is 1. The second-order valence-electron chi connectivity index (χ2n) is 6.29. The maximum atomic E-state index is 13.8. The van der Waals surface area contributed by atoms with Gasteiger partial charge < -0.3 is 14.8 Å². The van der Waals surface area contributed by atoms with Crippen LogP contribution < -0.4 is 5.32 Å². The molecule has 1 aromatic carbocycles. The van der Waals surface area contributed by atoms with E-state index in [1.165, 1.54) is 6.07 Å². The minimum absolute atomic E-state index is 0.117. The Hall–Kier alpha value is -2.28. The average Bonchev–Trinajstić information content (AvgIpc) is 3.10. The van der Waals surface area contributed by atoms with Crippen LogP contribution in [0.2, 0.25) is 0 Å². The fraction of sp³-hybridized carbons (Fsp3) is 0.368. The number of carboxylic acids is 1. The largest absolute Gasteiger partial charge is 0.480 e. The van der Waals surface area contributed by atoms with Gasteiger partial charge in [0.2, 0.25) is 5.91 Å². The molecule has 0 saturated carbocycles. The van der Waals surface area contributed by atoms with Crippen molar-refractivity contribution in [3.8, 4) is 11.3 Å². The molecule has 5 nitrogen and oxygen atoms in total. The standard InChI is InChI=1S/C19H20FNO4S/c20-15-4-2-1-3-14(15)16-7-5-13(25-16)6-8-17(22)21-19(18(23)24)9-11-26-12-10-19/h1-5,7H,6,8-12H2,(H,21,22)(H,23,24). The van der Waals surface area contributed by atoms with Crippen molar-refractivity contribution in [2.75, 3.05) is 11.5 Å². The number of benzene rings is 1. The molecule has 1 saturated heterocycles. The summed E-state index contributed by atoms with van der Waals surface area (Å²) in [6.07, 6.45) is 1.30. The summed E-state index contributed by atoms with van der Waals surface area (Å²) in [7, 11) is 0. The fourth-order valence-electron chi connectivity index (χ4n) is 3.00. The monoisotopic (exact) mass is 377 g/mol. The molecule has 26 heavy (non-hydrogen) atoms. The van der Waals surface area contributed by atoms with Crippen molar-refractivity contribution < 1.29 is 23.5 Å². The molecule has 2 N–H and O–H groups in total. The zero-order chi connectivity index (χ0) is 18.6. The number of amides is 1. The van der Waals surface area contributed by atoms with Gasteiger partial charge in [0.15, 0.2) is 0 Å². The molecule has 1 aliphatic heterocycles. The van der Waals surface area contributed by atoms with Crippen molar-refractivity contribution in [3.05, 3.63) is 48.0 Å². The van der Waals surface area contributed by atoms with E-state index in [0.29, 0.717) is 36.3 Å². The SMILES string of the molecule is O=C(CCc1ccc(-c2ccccc2F)o1)NC1(C(=O)O)CCSCC1. The Bertz CT molecular complexity index is 798. The van der Waals surface area contributed by atoms with E-state index in [1.807, 2.05) is 0 Å². The lowest BCUT2D eigenvalue weighted by Gasteiger charge is -2.33. The van der Waals surface area contributed by atoms with Crippen LogP contribution in [0.5, 0.6) is 0 Å². The summed E-state index contributed by atoms with van der Waals surface area (Å²) in [5.74, 6) is 0.735. The minimum Gasteiger partial charge on any atom is -0.480 e. The number of carbonyl (C=O) groups excluding carboxylic acids is 1. The van der Waals surface area contributed by atoms with E-state index in [4.69, 9.17) is 4.42 Å². The van der Waals surface area contributed by atoms with Crippen LogP contribution >= 0.6 is 11.8 Å². The molecule has 0 radical (unpaired) electrons. The highest BCUT2D eigenvalue weighted by atomic mass is 32.2. The molecular formula is C19H20FNO4S. The molecular weight excluding hydrogens is 357 g/mol. The Morgan fingerprint density at radius 3 is 2.62 bits per heavy atom. The third-order valence-corrected chi connectivity index (χ3v) is 5.52. The van der Waals surface area contributed by atoms with E-state index in [1.54, 1.807) is 42.1 Å². The number of thioether (sulfide) groups is 1. The molecule has 7 heteroatoms. The Kier molecular flexibility index (Phi) is 5.66. The number of halogens is 1. The van der Waals surface area contributed by atoms with E-state index < -0.39 is 11.5 Å².